The first-order valence-electron chi connectivity index (χ1n) is 4.56. The van der Waals surface area contributed by atoms with E-state index in [-0.39, 0.29) is 5.41 Å². The van der Waals surface area contributed by atoms with Gasteiger partial charge in [-0.2, -0.15) is 0 Å². The third kappa shape index (κ3) is 3.82. The third-order valence-electron chi connectivity index (χ3n) is 1.97. The van der Waals surface area contributed by atoms with Gasteiger partial charge in [0.05, 0.1) is 5.76 Å². The van der Waals surface area contributed by atoms with Crippen molar-refractivity contribution in [2.75, 3.05) is 0 Å². The van der Waals surface area contributed by atoms with Crippen LogP contribution in [0.2, 0.25) is 0 Å². The van der Waals surface area contributed by atoms with Gasteiger partial charge in [-0.25, -0.2) is 4.57 Å². The van der Waals surface area contributed by atoms with Crippen molar-refractivity contribution in [2.24, 2.45) is 0 Å². The van der Waals surface area contributed by atoms with Crippen molar-refractivity contribution in [3.05, 3.63) is 34.2 Å². The fourth-order valence-corrected chi connectivity index (χ4v) is 2.55. The molecule has 0 aliphatic heterocycles. The number of hydrogen-bond donors (Lipinski definition) is 1. The molecule has 1 heterocycles. The average molecular weight is 246 g/mol. The van der Waals surface area contributed by atoms with Crippen LogP contribution in [0.25, 0.3) is 0 Å². The molecule has 5 heteroatoms. The van der Waals surface area contributed by atoms with Crippen molar-refractivity contribution < 1.29 is 14.0 Å². The second-order valence-corrected chi connectivity index (χ2v) is 5.51. The van der Waals surface area contributed by atoms with E-state index in [4.69, 9.17) is 9.42 Å². The Morgan fingerprint density at radius 3 is 2.80 bits per heavy atom. The molecule has 1 N–H and O–H groups in total. The normalized spacial score (nSPS) is 15.1. The summed E-state index contributed by atoms with van der Waals surface area (Å²) in [5.74, 6) is 0.486. The Hall–Kier alpha value is -0.570. The Morgan fingerprint density at radius 1 is 1.67 bits per heavy atom. The maximum atomic E-state index is 10.5. The maximum Gasteiger partial charge on any atom is 0.364 e. The predicted octanol–water partition coefficient (Wildman–Crippen LogP) is 3.33. The molecule has 84 valence electrons. The molecule has 0 aromatic carbocycles. The molecular weight excluding hydrogens is 231 g/mol. The van der Waals surface area contributed by atoms with E-state index in [0.29, 0.717) is 5.76 Å². The Balaban J connectivity index is 2.83. The highest BCUT2D eigenvalue weighted by atomic mass is 32.1. The number of rotatable bonds is 4. The fraction of sp³-hybridized carbons (Fsp3) is 0.400. The molecule has 15 heavy (non-hydrogen) atoms. The Morgan fingerprint density at radius 2 is 2.33 bits per heavy atom. The lowest BCUT2D eigenvalue weighted by molar-refractivity contribution is 0.349. The third-order valence-corrected chi connectivity index (χ3v) is 3.67. The summed E-state index contributed by atoms with van der Waals surface area (Å²) >= 11 is 1.66. The smallest absolute Gasteiger partial charge is 0.364 e. The number of allylic oxidation sites excluding steroid dienone is 2. The summed E-state index contributed by atoms with van der Waals surface area (Å²) in [4.78, 5) is 9.83. The lowest BCUT2D eigenvalue weighted by atomic mass is 9.91. The van der Waals surface area contributed by atoms with Crippen molar-refractivity contribution in [1.82, 2.24) is 0 Å². The molecule has 0 amide bonds. The van der Waals surface area contributed by atoms with E-state index >= 15 is 0 Å². The van der Waals surface area contributed by atoms with Gasteiger partial charge in [0.15, 0.2) is 0 Å². The van der Waals surface area contributed by atoms with Gasteiger partial charge in [-0.15, -0.1) is 11.3 Å². The van der Waals surface area contributed by atoms with Crippen LogP contribution < -0.4 is 0 Å². The minimum atomic E-state index is -2.89. The molecule has 1 unspecified atom stereocenters. The summed E-state index contributed by atoms with van der Waals surface area (Å²) in [7, 11) is -2.89. The molecule has 1 rings (SSSR count). The minimum Gasteiger partial charge on any atom is -0.431 e. The Bertz CT molecular complexity index is 368. The zero-order chi connectivity index (χ0) is 11.5. The van der Waals surface area contributed by atoms with Crippen LogP contribution in [0.15, 0.2) is 29.3 Å². The lowest BCUT2D eigenvalue weighted by Gasteiger charge is -2.19. The first kappa shape index (κ1) is 12.5. The first-order valence-corrected chi connectivity index (χ1v) is 6.70. The van der Waals surface area contributed by atoms with Crippen LogP contribution >= 0.6 is 19.6 Å². The van der Waals surface area contributed by atoms with Gasteiger partial charge in [0, 0.05) is 10.3 Å². The lowest BCUT2D eigenvalue weighted by Crippen LogP contribution is -2.12. The van der Waals surface area contributed by atoms with Crippen molar-refractivity contribution in [2.45, 2.75) is 26.2 Å². The standard InChI is InChI=1S/C10H15O3PS/c1-8(13-14(11)12)7-10(2,3)9-5-4-6-15-9/h4-7,14H,1-3H3,(H,11,12)/b8-7-. The largest absolute Gasteiger partial charge is 0.431 e. The van der Waals surface area contributed by atoms with Gasteiger partial charge >= 0.3 is 8.25 Å². The van der Waals surface area contributed by atoms with Crippen LogP contribution in [0.5, 0.6) is 0 Å². The fourth-order valence-electron chi connectivity index (χ4n) is 1.39. The van der Waals surface area contributed by atoms with Crippen molar-refractivity contribution in [3.63, 3.8) is 0 Å². The van der Waals surface area contributed by atoms with Crippen LogP contribution in [-0.4, -0.2) is 4.89 Å². The summed E-state index contributed by atoms with van der Waals surface area (Å²) < 4.78 is 15.3. The van der Waals surface area contributed by atoms with Crippen LogP contribution in [0, 0.1) is 0 Å². The number of thiophene rings is 1. The topological polar surface area (TPSA) is 46.5 Å². The maximum absolute atomic E-state index is 10.5. The van der Waals surface area contributed by atoms with E-state index in [9.17, 15) is 4.57 Å². The molecule has 0 bridgehead atoms. The molecule has 1 aromatic heterocycles. The molecule has 1 aromatic rings. The van der Waals surface area contributed by atoms with Gasteiger partial charge in [-0.1, -0.05) is 19.9 Å². The predicted molar refractivity (Wildman–Crippen MR) is 63.4 cm³/mol. The van der Waals surface area contributed by atoms with Gasteiger partial charge in [-0.3, -0.25) is 0 Å². The highest BCUT2D eigenvalue weighted by Gasteiger charge is 2.19. The van der Waals surface area contributed by atoms with Crippen LogP contribution in [0.4, 0.5) is 0 Å². The van der Waals surface area contributed by atoms with E-state index in [1.54, 1.807) is 18.3 Å². The monoisotopic (exact) mass is 246 g/mol. The molecule has 0 radical (unpaired) electrons. The van der Waals surface area contributed by atoms with Crippen LogP contribution in [0.3, 0.4) is 0 Å². The van der Waals surface area contributed by atoms with Crippen LogP contribution in [-0.2, 0) is 14.5 Å². The van der Waals surface area contributed by atoms with E-state index in [1.165, 1.54) is 4.88 Å². The molecule has 0 aliphatic rings. The van der Waals surface area contributed by atoms with Crippen molar-refractivity contribution >= 4 is 19.6 Å². The zero-order valence-corrected chi connectivity index (χ0v) is 10.8. The summed E-state index contributed by atoms with van der Waals surface area (Å²) in [5, 5.41) is 2.01. The van der Waals surface area contributed by atoms with Gasteiger partial charge in [0.1, 0.15) is 0 Å². The van der Waals surface area contributed by atoms with Crippen molar-refractivity contribution in [1.29, 1.82) is 0 Å². The molecular formula is C10H15O3PS. The van der Waals surface area contributed by atoms with Crippen molar-refractivity contribution in [3.8, 4) is 0 Å². The van der Waals surface area contributed by atoms with E-state index in [0.717, 1.165) is 0 Å². The Labute approximate surface area is 94.4 Å². The molecule has 3 nitrogen and oxygen atoms in total. The summed E-state index contributed by atoms with van der Waals surface area (Å²) in [5.41, 5.74) is -0.171. The summed E-state index contributed by atoms with van der Waals surface area (Å²) in [6.07, 6.45) is 1.86. The molecule has 0 fully saturated rings. The van der Waals surface area contributed by atoms with Crippen LogP contribution in [0.1, 0.15) is 25.6 Å². The first-order chi connectivity index (χ1) is 6.92. The molecule has 1 atom stereocenters. The Kier molecular flexibility index (Phi) is 4.14. The second-order valence-electron chi connectivity index (χ2n) is 3.82. The summed E-state index contributed by atoms with van der Waals surface area (Å²) in [6.45, 7) is 5.77. The molecule has 0 spiro atoms. The van der Waals surface area contributed by atoms with Gasteiger partial charge in [-0.05, 0) is 24.4 Å². The number of hydrogen-bond acceptors (Lipinski definition) is 3. The SMILES string of the molecule is C/C(=C/C(C)(C)c1cccs1)O[PH](=O)O. The quantitative estimate of drug-likeness (QED) is 0.654. The van der Waals surface area contributed by atoms with Gasteiger partial charge < -0.3 is 9.42 Å². The van der Waals surface area contributed by atoms with E-state index < -0.39 is 8.25 Å². The van der Waals surface area contributed by atoms with Gasteiger partial charge in [0.2, 0.25) is 0 Å². The molecule has 0 saturated carbocycles. The van der Waals surface area contributed by atoms with Gasteiger partial charge in [0.25, 0.3) is 0 Å². The molecule has 0 aliphatic carbocycles. The minimum absolute atomic E-state index is 0.171. The zero-order valence-electron chi connectivity index (χ0n) is 8.98. The highest BCUT2D eigenvalue weighted by Crippen LogP contribution is 2.31. The van der Waals surface area contributed by atoms with E-state index in [1.807, 2.05) is 37.4 Å². The second kappa shape index (κ2) is 4.97. The highest BCUT2D eigenvalue weighted by molar-refractivity contribution is 7.32. The summed E-state index contributed by atoms with van der Waals surface area (Å²) in [6, 6.07) is 4.02. The van der Waals surface area contributed by atoms with E-state index in [2.05, 4.69) is 0 Å². The average Bonchev–Trinajstić information content (AvgIpc) is 2.51. The molecule has 0 saturated heterocycles.